The average molecular weight is 278 g/mol. The van der Waals surface area contributed by atoms with Crippen molar-refractivity contribution in [1.29, 1.82) is 0 Å². The summed E-state index contributed by atoms with van der Waals surface area (Å²) >= 11 is 2.97. The number of hydrogen-bond donors (Lipinski definition) is 1. The Labute approximate surface area is 114 Å². The maximum Gasteiger partial charge on any atom is 0.176 e. The van der Waals surface area contributed by atoms with Gasteiger partial charge in [-0.25, -0.2) is 9.97 Å². The zero-order valence-corrected chi connectivity index (χ0v) is 11.6. The van der Waals surface area contributed by atoms with Crippen LogP contribution >= 0.6 is 23.3 Å². The molecule has 0 amide bonds. The van der Waals surface area contributed by atoms with Gasteiger partial charge in [-0.15, -0.1) is 0 Å². The summed E-state index contributed by atoms with van der Waals surface area (Å²) in [5, 5.41) is 0.995. The monoisotopic (exact) mass is 278 g/mol. The molecule has 2 aromatic rings. The zero-order valence-electron chi connectivity index (χ0n) is 9.93. The zero-order chi connectivity index (χ0) is 12.4. The Kier molecular flexibility index (Phi) is 3.58. The van der Waals surface area contributed by atoms with Gasteiger partial charge in [0.2, 0.25) is 0 Å². The van der Waals surface area contributed by atoms with Crippen LogP contribution in [-0.2, 0) is 19.4 Å². The fourth-order valence-corrected chi connectivity index (χ4v) is 3.68. The number of nitrogens with zero attached hydrogens (tertiary/aromatic N) is 3. The highest BCUT2D eigenvalue weighted by Crippen LogP contribution is 2.32. The normalized spacial score (nSPS) is 14.5. The first-order valence-electron chi connectivity index (χ1n) is 6.03. The van der Waals surface area contributed by atoms with Crippen LogP contribution < -0.4 is 5.73 Å². The molecule has 0 aliphatic heterocycles. The Hall–Kier alpha value is -0.980. The lowest BCUT2D eigenvalue weighted by atomic mass is 9.95. The van der Waals surface area contributed by atoms with Gasteiger partial charge in [-0.3, -0.25) is 0 Å². The molecule has 0 saturated heterocycles. The third kappa shape index (κ3) is 2.41. The molecule has 1 aliphatic rings. The maximum absolute atomic E-state index is 5.83. The van der Waals surface area contributed by atoms with E-state index in [1.54, 1.807) is 18.1 Å². The Morgan fingerprint density at radius 1 is 1.33 bits per heavy atom. The van der Waals surface area contributed by atoms with Crippen molar-refractivity contribution in [3.63, 3.8) is 0 Å². The second kappa shape index (κ2) is 5.34. The highest BCUT2D eigenvalue weighted by Gasteiger charge is 2.16. The van der Waals surface area contributed by atoms with E-state index in [0.717, 1.165) is 27.8 Å². The minimum atomic E-state index is 0.529. The quantitative estimate of drug-likeness (QED) is 0.934. The van der Waals surface area contributed by atoms with Crippen molar-refractivity contribution < 1.29 is 0 Å². The van der Waals surface area contributed by atoms with Crippen LogP contribution in [0.25, 0.3) is 0 Å². The molecule has 2 heterocycles. The summed E-state index contributed by atoms with van der Waals surface area (Å²) in [6.07, 6.45) is 6.31. The largest absolute Gasteiger partial charge is 0.326 e. The third-order valence-corrected chi connectivity index (χ3v) is 4.85. The SMILES string of the molecule is NCc1cc2c(nc1Sc1ncns1)CCCC2. The number of rotatable bonds is 3. The Morgan fingerprint density at radius 2 is 2.22 bits per heavy atom. The molecule has 0 bridgehead atoms. The van der Waals surface area contributed by atoms with Gasteiger partial charge in [0, 0.05) is 12.2 Å². The molecule has 94 valence electrons. The van der Waals surface area contributed by atoms with E-state index in [1.165, 1.54) is 35.6 Å². The van der Waals surface area contributed by atoms with Crippen molar-refractivity contribution in [2.24, 2.45) is 5.73 Å². The standard InChI is InChI=1S/C12H14N4S2/c13-6-9-5-8-3-1-2-4-10(8)16-11(9)17-12-14-7-15-18-12/h5,7H,1-4,6,13H2. The van der Waals surface area contributed by atoms with Gasteiger partial charge in [-0.1, -0.05) is 6.07 Å². The number of nitrogens with two attached hydrogens (primary N) is 1. The molecule has 0 aromatic carbocycles. The van der Waals surface area contributed by atoms with E-state index in [1.807, 2.05) is 0 Å². The summed E-state index contributed by atoms with van der Waals surface area (Å²) in [5.74, 6) is 0. The van der Waals surface area contributed by atoms with Gasteiger partial charge in [0.05, 0.1) is 0 Å². The van der Waals surface area contributed by atoms with Crippen molar-refractivity contribution in [3.8, 4) is 0 Å². The highest BCUT2D eigenvalue weighted by atomic mass is 32.2. The summed E-state index contributed by atoms with van der Waals surface area (Å²) in [5.41, 5.74) is 9.57. The van der Waals surface area contributed by atoms with Crippen molar-refractivity contribution in [2.75, 3.05) is 0 Å². The predicted octanol–water partition coefficient (Wildman–Crippen LogP) is 2.42. The number of fused-ring (bicyclic) bond motifs is 1. The first kappa shape index (κ1) is 12.1. The van der Waals surface area contributed by atoms with E-state index in [4.69, 9.17) is 10.7 Å². The second-order valence-electron chi connectivity index (χ2n) is 4.28. The second-order valence-corrected chi connectivity index (χ2v) is 6.29. The molecule has 4 nitrogen and oxygen atoms in total. The Balaban J connectivity index is 1.96. The summed E-state index contributed by atoms with van der Waals surface area (Å²) in [6.45, 7) is 0.529. The molecular formula is C12H14N4S2. The van der Waals surface area contributed by atoms with Crippen molar-refractivity contribution >= 4 is 23.3 Å². The Bertz CT molecular complexity index is 539. The number of hydrogen-bond acceptors (Lipinski definition) is 6. The van der Waals surface area contributed by atoms with E-state index in [0.29, 0.717) is 6.54 Å². The summed E-state index contributed by atoms with van der Waals surface area (Å²) in [6, 6.07) is 2.23. The molecule has 2 N–H and O–H groups in total. The van der Waals surface area contributed by atoms with Gasteiger partial charge < -0.3 is 5.73 Å². The fraction of sp³-hybridized carbons (Fsp3) is 0.417. The highest BCUT2D eigenvalue weighted by molar-refractivity contribution is 8.00. The van der Waals surface area contributed by atoms with Gasteiger partial charge in [0.15, 0.2) is 4.34 Å². The topological polar surface area (TPSA) is 64.7 Å². The van der Waals surface area contributed by atoms with Crippen molar-refractivity contribution in [2.45, 2.75) is 41.6 Å². The number of pyridine rings is 1. The summed E-state index contributed by atoms with van der Waals surface area (Å²) < 4.78 is 4.94. The van der Waals surface area contributed by atoms with Crippen LogP contribution in [-0.4, -0.2) is 14.3 Å². The van der Waals surface area contributed by atoms with Crippen LogP contribution in [0.5, 0.6) is 0 Å². The van der Waals surface area contributed by atoms with Crippen LogP contribution in [0.2, 0.25) is 0 Å². The molecule has 0 unspecified atom stereocenters. The smallest absolute Gasteiger partial charge is 0.176 e. The molecule has 0 atom stereocenters. The van der Waals surface area contributed by atoms with Gasteiger partial charge in [-0.05, 0) is 60.1 Å². The lowest BCUT2D eigenvalue weighted by molar-refractivity contribution is 0.656. The molecule has 1 aliphatic carbocycles. The molecule has 0 spiro atoms. The molecule has 6 heteroatoms. The van der Waals surface area contributed by atoms with Gasteiger partial charge in [0.1, 0.15) is 11.4 Å². The first-order chi connectivity index (χ1) is 8.86. The third-order valence-electron chi connectivity index (χ3n) is 3.09. The van der Waals surface area contributed by atoms with Crippen molar-refractivity contribution in [3.05, 3.63) is 29.2 Å². The van der Waals surface area contributed by atoms with E-state index in [2.05, 4.69) is 15.4 Å². The lowest BCUT2D eigenvalue weighted by Gasteiger charge is -2.17. The van der Waals surface area contributed by atoms with Gasteiger partial charge in [-0.2, -0.15) is 4.37 Å². The van der Waals surface area contributed by atoms with Crippen LogP contribution in [0, 0.1) is 0 Å². The van der Waals surface area contributed by atoms with Crippen molar-refractivity contribution in [1.82, 2.24) is 14.3 Å². The van der Waals surface area contributed by atoms with Gasteiger partial charge >= 0.3 is 0 Å². The lowest BCUT2D eigenvalue weighted by Crippen LogP contribution is -2.10. The molecule has 3 rings (SSSR count). The van der Waals surface area contributed by atoms with E-state index in [-0.39, 0.29) is 0 Å². The maximum atomic E-state index is 5.83. The summed E-state index contributed by atoms with van der Waals surface area (Å²) in [4.78, 5) is 8.97. The Morgan fingerprint density at radius 3 is 3.00 bits per heavy atom. The van der Waals surface area contributed by atoms with Crippen LogP contribution in [0.15, 0.2) is 21.8 Å². The van der Waals surface area contributed by atoms with Gasteiger partial charge in [0.25, 0.3) is 0 Å². The molecule has 0 fully saturated rings. The van der Waals surface area contributed by atoms with Crippen LogP contribution in [0.4, 0.5) is 0 Å². The number of aromatic nitrogens is 3. The van der Waals surface area contributed by atoms with Crippen LogP contribution in [0.1, 0.15) is 29.7 Å². The number of aryl methyl sites for hydroxylation is 2. The van der Waals surface area contributed by atoms with E-state index >= 15 is 0 Å². The van der Waals surface area contributed by atoms with Crippen LogP contribution in [0.3, 0.4) is 0 Å². The molecular weight excluding hydrogens is 264 g/mol. The average Bonchev–Trinajstić information content (AvgIpc) is 2.91. The molecule has 0 saturated carbocycles. The molecule has 2 aromatic heterocycles. The van der Waals surface area contributed by atoms with E-state index < -0.39 is 0 Å². The minimum absolute atomic E-state index is 0.529. The fourth-order valence-electron chi connectivity index (χ4n) is 2.19. The molecule has 0 radical (unpaired) electrons. The first-order valence-corrected chi connectivity index (χ1v) is 7.62. The minimum Gasteiger partial charge on any atom is -0.326 e. The van der Waals surface area contributed by atoms with E-state index in [9.17, 15) is 0 Å². The predicted molar refractivity (Wildman–Crippen MR) is 72.8 cm³/mol. The molecule has 18 heavy (non-hydrogen) atoms. The summed E-state index contributed by atoms with van der Waals surface area (Å²) in [7, 11) is 0.